The van der Waals surface area contributed by atoms with Gasteiger partial charge in [-0.2, -0.15) is 0 Å². The third-order valence-corrected chi connectivity index (χ3v) is 3.22. The number of carbonyl (C=O) groups is 1. The maximum absolute atomic E-state index is 13.5. The van der Waals surface area contributed by atoms with Crippen LogP contribution in [0.2, 0.25) is 5.02 Å². The van der Waals surface area contributed by atoms with Crippen molar-refractivity contribution in [2.75, 3.05) is 0 Å². The molecule has 1 aromatic carbocycles. The summed E-state index contributed by atoms with van der Waals surface area (Å²) in [5.74, 6) is -0.373. The lowest BCUT2D eigenvalue weighted by atomic mass is 10.2. The van der Waals surface area contributed by atoms with Crippen LogP contribution in [0.3, 0.4) is 0 Å². The SMILES string of the molecule is O=Cc1ccc(-c2ccc(Cl)cc2F)s1. The van der Waals surface area contributed by atoms with Gasteiger partial charge in [0, 0.05) is 15.5 Å². The molecule has 1 heterocycles. The molecule has 0 spiro atoms. The van der Waals surface area contributed by atoms with Crippen molar-refractivity contribution in [3.05, 3.63) is 46.0 Å². The molecule has 2 aromatic rings. The van der Waals surface area contributed by atoms with Crippen LogP contribution in [0.25, 0.3) is 10.4 Å². The number of hydrogen-bond donors (Lipinski definition) is 0. The zero-order chi connectivity index (χ0) is 10.8. The topological polar surface area (TPSA) is 17.1 Å². The van der Waals surface area contributed by atoms with Crippen LogP contribution in [0.1, 0.15) is 9.67 Å². The molecule has 15 heavy (non-hydrogen) atoms. The van der Waals surface area contributed by atoms with Crippen molar-refractivity contribution in [3.63, 3.8) is 0 Å². The number of aldehydes is 1. The number of hydrogen-bond acceptors (Lipinski definition) is 2. The van der Waals surface area contributed by atoms with E-state index in [0.717, 1.165) is 11.2 Å². The quantitative estimate of drug-likeness (QED) is 0.725. The summed E-state index contributed by atoms with van der Waals surface area (Å²) in [6.45, 7) is 0. The van der Waals surface area contributed by atoms with Gasteiger partial charge in [-0.25, -0.2) is 4.39 Å². The van der Waals surface area contributed by atoms with E-state index in [2.05, 4.69) is 0 Å². The molecule has 0 atom stereocenters. The van der Waals surface area contributed by atoms with Crippen LogP contribution in [-0.4, -0.2) is 6.29 Å². The second kappa shape index (κ2) is 4.13. The highest BCUT2D eigenvalue weighted by Crippen LogP contribution is 2.30. The molecule has 1 nitrogen and oxygen atoms in total. The molecule has 0 radical (unpaired) electrons. The van der Waals surface area contributed by atoms with Crippen molar-refractivity contribution in [3.8, 4) is 10.4 Å². The summed E-state index contributed by atoms with van der Waals surface area (Å²) in [6.07, 6.45) is 0.752. The Morgan fingerprint density at radius 2 is 2.07 bits per heavy atom. The molecule has 0 amide bonds. The zero-order valence-corrected chi connectivity index (χ0v) is 9.11. The smallest absolute Gasteiger partial charge is 0.160 e. The highest BCUT2D eigenvalue weighted by atomic mass is 35.5. The third-order valence-electron chi connectivity index (χ3n) is 1.94. The highest BCUT2D eigenvalue weighted by molar-refractivity contribution is 7.17. The van der Waals surface area contributed by atoms with Crippen LogP contribution in [0, 0.1) is 5.82 Å². The van der Waals surface area contributed by atoms with Gasteiger partial charge in [0.25, 0.3) is 0 Å². The van der Waals surface area contributed by atoms with Gasteiger partial charge >= 0.3 is 0 Å². The van der Waals surface area contributed by atoms with E-state index >= 15 is 0 Å². The van der Waals surface area contributed by atoms with Crippen LogP contribution < -0.4 is 0 Å². The first kappa shape index (κ1) is 10.3. The minimum Gasteiger partial charge on any atom is -0.297 e. The fraction of sp³-hybridized carbons (Fsp3) is 0. The first-order valence-corrected chi connectivity index (χ1v) is 5.40. The zero-order valence-electron chi connectivity index (χ0n) is 7.54. The number of halogens is 2. The van der Waals surface area contributed by atoms with Gasteiger partial charge in [-0.15, -0.1) is 11.3 Å². The molecular weight excluding hydrogens is 235 g/mol. The molecule has 0 aliphatic rings. The van der Waals surface area contributed by atoms with Gasteiger partial charge in [0.15, 0.2) is 6.29 Å². The number of carbonyl (C=O) groups excluding carboxylic acids is 1. The van der Waals surface area contributed by atoms with E-state index in [1.165, 1.54) is 17.4 Å². The van der Waals surface area contributed by atoms with Crippen molar-refractivity contribution in [2.24, 2.45) is 0 Å². The van der Waals surface area contributed by atoms with Gasteiger partial charge in [-0.05, 0) is 30.3 Å². The lowest BCUT2D eigenvalue weighted by molar-refractivity contribution is 0.112. The van der Waals surface area contributed by atoms with E-state index in [0.29, 0.717) is 15.5 Å². The number of benzene rings is 1. The van der Waals surface area contributed by atoms with E-state index < -0.39 is 0 Å². The summed E-state index contributed by atoms with van der Waals surface area (Å²) in [4.78, 5) is 11.8. The summed E-state index contributed by atoms with van der Waals surface area (Å²) < 4.78 is 13.5. The van der Waals surface area contributed by atoms with Crippen LogP contribution in [0.15, 0.2) is 30.3 Å². The Bertz CT molecular complexity index is 507. The summed E-state index contributed by atoms with van der Waals surface area (Å²) in [7, 11) is 0. The highest BCUT2D eigenvalue weighted by Gasteiger charge is 2.08. The first-order valence-electron chi connectivity index (χ1n) is 4.21. The monoisotopic (exact) mass is 240 g/mol. The second-order valence-corrected chi connectivity index (χ2v) is 4.50. The normalized spacial score (nSPS) is 10.3. The van der Waals surface area contributed by atoms with Crippen molar-refractivity contribution >= 4 is 29.2 Å². The summed E-state index contributed by atoms with van der Waals surface area (Å²) >= 11 is 6.90. The Kier molecular flexibility index (Phi) is 2.84. The second-order valence-electron chi connectivity index (χ2n) is 2.94. The molecule has 0 saturated carbocycles. The van der Waals surface area contributed by atoms with Crippen LogP contribution in [-0.2, 0) is 0 Å². The Balaban J connectivity index is 2.49. The molecule has 0 N–H and O–H groups in total. The fourth-order valence-corrected chi connectivity index (χ4v) is 2.26. The predicted molar refractivity (Wildman–Crippen MR) is 60.1 cm³/mol. The Labute approximate surface area is 95.1 Å². The lowest BCUT2D eigenvalue weighted by Crippen LogP contribution is -1.80. The molecule has 4 heteroatoms. The Morgan fingerprint density at radius 1 is 1.27 bits per heavy atom. The first-order chi connectivity index (χ1) is 7.20. The average molecular weight is 241 g/mol. The molecule has 0 bridgehead atoms. The van der Waals surface area contributed by atoms with Gasteiger partial charge < -0.3 is 0 Å². The molecule has 0 aliphatic heterocycles. The predicted octanol–water partition coefficient (Wildman–Crippen LogP) is 4.02. The molecule has 76 valence electrons. The van der Waals surface area contributed by atoms with Gasteiger partial charge in [-0.3, -0.25) is 4.79 Å². The summed E-state index contributed by atoms with van der Waals surface area (Å²) in [5, 5.41) is 0.364. The maximum Gasteiger partial charge on any atom is 0.160 e. The van der Waals surface area contributed by atoms with Crippen molar-refractivity contribution in [1.29, 1.82) is 0 Å². The maximum atomic E-state index is 13.5. The summed E-state index contributed by atoms with van der Waals surface area (Å²) in [6, 6.07) is 7.89. The molecule has 0 aliphatic carbocycles. The third kappa shape index (κ3) is 2.08. The average Bonchev–Trinajstić information content (AvgIpc) is 2.66. The van der Waals surface area contributed by atoms with E-state index in [-0.39, 0.29) is 5.82 Å². The largest absolute Gasteiger partial charge is 0.297 e. The molecular formula is C11H6ClFOS. The van der Waals surface area contributed by atoms with Crippen molar-refractivity contribution < 1.29 is 9.18 Å². The molecule has 2 rings (SSSR count). The number of rotatable bonds is 2. The Morgan fingerprint density at radius 3 is 2.67 bits per heavy atom. The van der Waals surface area contributed by atoms with Gasteiger partial charge in [0.2, 0.25) is 0 Å². The van der Waals surface area contributed by atoms with E-state index in [9.17, 15) is 9.18 Å². The molecule has 0 unspecified atom stereocenters. The van der Waals surface area contributed by atoms with Crippen molar-refractivity contribution in [2.45, 2.75) is 0 Å². The lowest BCUT2D eigenvalue weighted by Gasteiger charge is -1.99. The molecule has 0 fully saturated rings. The standard InChI is InChI=1S/C11H6ClFOS/c12-7-1-3-9(10(13)5-7)11-4-2-8(6-14)15-11/h1-6H. The Hall–Kier alpha value is -1.19. The molecule has 0 saturated heterocycles. The fourth-order valence-electron chi connectivity index (χ4n) is 1.25. The molecule has 1 aromatic heterocycles. The van der Waals surface area contributed by atoms with Gasteiger partial charge in [-0.1, -0.05) is 11.6 Å². The number of thiophene rings is 1. The minimum absolute atomic E-state index is 0.364. The van der Waals surface area contributed by atoms with Crippen LogP contribution in [0.4, 0.5) is 4.39 Å². The van der Waals surface area contributed by atoms with E-state index in [4.69, 9.17) is 11.6 Å². The summed E-state index contributed by atoms with van der Waals surface area (Å²) in [5.41, 5.74) is 0.470. The van der Waals surface area contributed by atoms with E-state index in [1.807, 2.05) is 0 Å². The van der Waals surface area contributed by atoms with Gasteiger partial charge in [0.05, 0.1) is 4.88 Å². The van der Waals surface area contributed by atoms with Crippen LogP contribution in [0.5, 0.6) is 0 Å². The minimum atomic E-state index is -0.373. The van der Waals surface area contributed by atoms with Gasteiger partial charge in [0.1, 0.15) is 5.82 Å². The van der Waals surface area contributed by atoms with Crippen LogP contribution >= 0.6 is 22.9 Å². The van der Waals surface area contributed by atoms with E-state index in [1.54, 1.807) is 24.3 Å². The van der Waals surface area contributed by atoms with Crippen molar-refractivity contribution in [1.82, 2.24) is 0 Å².